The number of amides is 2. The monoisotopic (exact) mass is 736 g/mol. The summed E-state index contributed by atoms with van der Waals surface area (Å²) in [5.41, 5.74) is 2.09. The van der Waals surface area contributed by atoms with E-state index in [9.17, 15) is 14.4 Å². The van der Waals surface area contributed by atoms with Crippen LogP contribution in [0, 0.1) is 0 Å². The molecule has 2 aromatic heterocycles. The van der Waals surface area contributed by atoms with Gasteiger partial charge in [-0.25, -0.2) is 24.0 Å². The van der Waals surface area contributed by atoms with Gasteiger partial charge in [0.05, 0.1) is 17.9 Å². The summed E-state index contributed by atoms with van der Waals surface area (Å²) in [4.78, 5) is 46.0. The lowest BCUT2D eigenvalue weighted by molar-refractivity contribution is 0.0527. The fourth-order valence-electron chi connectivity index (χ4n) is 5.88. The van der Waals surface area contributed by atoms with Gasteiger partial charge in [-0.2, -0.15) is 0 Å². The van der Waals surface area contributed by atoms with Crippen molar-refractivity contribution in [3.8, 4) is 0 Å². The minimum atomic E-state index is -0.724. The number of anilines is 1. The molecule has 0 saturated heterocycles. The second-order valence-electron chi connectivity index (χ2n) is 16.0. The number of ether oxygens (including phenoxy) is 2. The van der Waals surface area contributed by atoms with E-state index in [1.54, 1.807) is 10.9 Å². The van der Waals surface area contributed by atoms with Gasteiger partial charge in [0, 0.05) is 30.5 Å². The van der Waals surface area contributed by atoms with Crippen molar-refractivity contribution < 1.29 is 23.9 Å². The molecule has 0 aliphatic heterocycles. The van der Waals surface area contributed by atoms with E-state index in [-0.39, 0.29) is 17.9 Å². The van der Waals surface area contributed by atoms with Crippen LogP contribution < -0.4 is 10.2 Å². The molecule has 3 aromatic rings. The van der Waals surface area contributed by atoms with Gasteiger partial charge in [-0.3, -0.25) is 9.48 Å². The standard InChI is InChI=1S/C41H65N7O5/c1-10-12-15-19-31(3)48(39(51)53-41(7,8)9)37-43-34(30-47(37)38(50)52-40(4,5)6)21-17-14-18-22-35-29-46(45-44-35)28-27-42-36(49)33-25-23-32(24-26-33)20-16-13-11-2/h23-26,29-31H,10-22,27-28H2,1-9H3,(H,42,49). The van der Waals surface area contributed by atoms with E-state index in [1.807, 2.05) is 78.9 Å². The first-order valence-corrected chi connectivity index (χ1v) is 19.7. The quantitative estimate of drug-likeness (QED) is 0.114. The van der Waals surface area contributed by atoms with Gasteiger partial charge >= 0.3 is 12.2 Å². The van der Waals surface area contributed by atoms with Crippen LogP contribution in [0.15, 0.2) is 36.7 Å². The van der Waals surface area contributed by atoms with Crippen LogP contribution in [0.5, 0.6) is 0 Å². The molecule has 3 rings (SSSR count). The average molecular weight is 736 g/mol. The molecule has 1 aromatic carbocycles. The number of carbonyl (C=O) groups is 3. The molecule has 1 unspecified atom stereocenters. The highest BCUT2D eigenvalue weighted by atomic mass is 16.6. The third-order valence-corrected chi connectivity index (χ3v) is 8.66. The summed E-state index contributed by atoms with van der Waals surface area (Å²) in [6, 6.07) is 7.63. The molecular formula is C41H65N7O5. The van der Waals surface area contributed by atoms with Gasteiger partial charge in [0.25, 0.3) is 5.91 Å². The molecule has 2 amide bonds. The zero-order valence-electron chi connectivity index (χ0n) is 33.9. The number of carbonyl (C=O) groups excluding carboxylic acids is 3. The van der Waals surface area contributed by atoms with Crippen molar-refractivity contribution in [1.82, 2.24) is 29.9 Å². The zero-order valence-corrected chi connectivity index (χ0v) is 33.9. The van der Waals surface area contributed by atoms with Crippen LogP contribution in [0.25, 0.3) is 0 Å². The Morgan fingerprint density at radius 3 is 2.06 bits per heavy atom. The van der Waals surface area contributed by atoms with E-state index in [0.29, 0.717) is 30.8 Å². The summed E-state index contributed by atoms with van der Waals surface area (Å²) in [6.07, 6.45) is 15.0. The third-order valence-electron chi connectivity index (χ3n) is 8.66. The van der Waals surface area contributed by atoms with Crippen LogP contribution in [-0.2, 0) is 35.3 Å². The Morgan fingerprint density at radius 1 is 0.792 bits per heavy atom. The molecule has 0 radical (unpaired) electrons. The summed E-state index contributed by atoms with van der Waals surface area (Å²) in [5.74, 6) is 0.128. The molecule has 0 aliphatic rings. The summed E-state index contributed by atoms with van der Waals surface area (Å²) in [5, 5.41) is 11.5. The van der Waals surface area contributed by atoms with Crippen molar-refractivity contribution in [2.24, 2.45) is 0 Å². The number of rotatable bonds is 20. The molecule has 294 valence electrons. The SMILES string of the molecule is CCCCCc1ccc(C(=O)NCCn2cc(CCCCCc3cn(C(=O)OC(C)(C)C)c(N(C(=O)OC(C)(C)C)C(C)CCCCC)n3)nn2)cc1. The number of hydrogen-bond acceptors (Lipinski definition) is 8. The lowest BCUT2D eigenvalue weighted by Gasteiger charge is -2.31. The van der Waals surface area contributed by atoms with Gasteiger partial charge in [0.15, 0.2) is 0 Å². The lowest BCUT2D eigenvalue weighted by Crippen LogP contribution is -2.44. The molecule has 12 heteroatoms. The molecule has 0 saturated carbocycles. The first kappa shape index (κ1) is 43.2. The minimum absolute atomic E-state index is 0.0903. The first-order chi connectivity index (χ1) is 25.1. The average Bonchev–Trinajstić information content (AvgIpc) is 3.71. The van der Waals surface area contributed by atoms with Crippen LogP contribution >= 0.6 is 0 Å². The van der Waals surface area contributed by atoms with Gasteiger partial charge in [0.1, 0.15) is 11.2 Å². The number of unbranched alkanes of at least 4 members (excludes halogenated alkanes) is 6. The Bertz CT molecular complexity index is 1570. The second-order valence-corrected chi connectivity index (χ2v) is 16.0. The molecule has 0 bridgehead atoms. The van der Waals surface area contributed by atoms with Crippen LogP contribution in [0.3, 0.4) is 0 Å². The van der Waals surface area contributed by atoms with Crippen LogP contribution in [0.4, 0.5) is 15.5 Å². The van der Waals surface area contributed by atoms with Crippen molar-refractivity contribution in [2.45, 2.75) is 170 Å². The number of nitrogens with one attached hydrogen (secondary N) is 1. The number of aryl methyl sites for hydroxylation is 3. The highest BCUT2D eigenvalue weighted by molar-refractivity contribution is 5.94. The highest BCUT2D eigenvalue weighted by Crippen LogP contribution is 2.26. The number of nitrogens with zero attached hydrogens (tertiary/aromatic N) is 6. The van der Waals surface area contributed by atoms with Gasteiger partial charge in [-0.05, 0) is 111 Å². The number of benzene rings is 1. The summed E-state index contributed by atoms with van der Waals surface area (Å²) >= 11 is 0. The van der Waals surface area contributed by atoms with Gasteiger partial charge < -0.3 is 14.8 Å². The number of hydrogen-bond donors (Lipinski definition) is 1. The summed E-state index contributed by atoms with van der Waals surface area (Å²) in [6.45, 7) is 18.2. The van der Waals surface area contributed by atoms with Crippen LogP contribution in [0.2, 0.25) is 0 Å². The zero-order chi connectivity index (χ0) is 39.0. The molecule has 0 aliphatic carbocycles. The number of aromatic nitrogens is 5. The van der Waals surface area contributed by atoms with Crippen molar-refractivity contribution in [2.75, 3.05) is 11.4 Å². The lowest BCUT2D eigenvalue weighted by atomic mass is 10.1. The Balaban J connectivity index is 1.56. The topological polar surface area (TPSA) is 133 Å². The van der Waals surface area contributed by atoms with Crippen molar-refractivity contribution >= 4 is 24.0 Å². The van der Waals surface area contributed by atoms with E-state index in [0.717, 1.165) is 63.5 Å². The van der Waals surface area contributed by atoms with E-state index in [4.69, 9.17) is 14.5 Å². The molecule has 12 nitrogen and oxygen atoms in total. The Hall–Kier alpha value is -4.22. The Morgan fingerprint density at radius 2 is 1.42 bits per heavy atom. The maximum Gasteiger partial charge on any atom is 0.421 e. The van der Waals surface area contributed by atoms with E-state index in [2.05, 4.69) is 29.5 Å². The van der Waals surface area contributed by atoms with Gasteiger partial charge in [-0.15, -0.1) is 5.10 Å². The Labute approximate surface area is 317 Å². The fourth-order valence-corrected chi connectivity index (χ4v) is 5.88. The van der Waals surface area contributed by atoms with Crippen LogP contribution in [0.1, 0.15) is 154 Å². The predicted octanol–water partition coefficient (Wildman–Crippen LogP) is 9.09. The summed E-state index contributed by atoms with van der Waals surface area (Å²) < 4.78 is 14.6. The van der Waals surface area contributed by atoms with Crippen molar-refractivity contribution in [3.05, 3.63) is 59.2 Å². The molecule has 0 fully saturated rings. The maximum absolute atomic E-state index is 13.6. The molecule has 2 heterocycles. The molecular weight excluding hydrogens is 670 g/mol. The number of imidazole rings is 1. The minimum Gasteiger partial charge on any atom is -0.443 e. The van der Waals surface area contributed by atoms with Crippen LogP contribution in [-0.4, -0.2) is 66.4 Å². The Kier molecular flexibility index (Phi) is 17.0. The highest BCUT2D eigenvalue weighted by Gasteiger charge is 2.33. The fraction of sp³-hybridized carbons (Fsp3) is 0.659. The third kappa shape index (κ3) is 15.3. The molecule has 1 atom stereocenters. The van der Waals surface area contributed by atoms with E-state index in [1.165, 1.54) is 34.3 Å². The van der Waals surface area contributed by atoms with Crippen molar-refractivity contribution in [1.29, 1.82) is 0 Å². The molecule has 1 N–H and O–H groups in total. The predicted molar refractivity (Wildman–Crippen MR) is 209 cm³/mol. The van der Waals surface area contributed by atoms with E-state index >= 15 is 0 Å². The molecule has 0 spiro atoms. The first-order valence-electron chi connectivity index (χ1n) is 19.7. The smallest absolute Gasteiger partial charge is 0.421 e. The normalized spacial score (nSPS) is 12.4. The largest absolute Gasteiger partial charge is 0.443 e. The molecule has 53 heavy (non-hydrogen) atoms. The van der Waals surface area contributed by atoms with Gasteiger partial charge in [-0.1, -0.05) is 69.7 Å². The summed E-state index contributed by atoms with van der Waals surface area (Å²) in [7, 11) is 0. The maximum atomic E-state index is 13.6. The second kappa shape index (κ2) is 20.9. The van der Waals surface area contributed by atoms with Gasteiger partial charge in [0.2, 0.25) is 5.95 Å². The van der Waals surface area contributed by atoms with E-state index < -0.39 is 23.4 Å². The van der Waals surface area contributed by atoms with Crippen molar-refractivity contribution in [3.63, 3.8) is 0 Å².